The number of aliphatic hydroxyl groups is 1. The van der Waals surface area contributed by atoms with Gasteiger partial charge in [0.25, 0.3) is 0 Å². The van der Waals surface area contributed by atoms with Gasteiger partial charge >= 0.3 is 5.97 Å². The first-order valence-corrected chi connectivity index (χ1v) is 10.4. The zero-order chi connectivity index (χ0) is 21.1. The number of halogens is 1. The molecule has 1 aromatic heterocycles. The molecule has 5 nitrogen and oxygen atoms in total. The van der Waals surface area contributed by atoms with Crippen molar-refractivity contribution in [3.8, 4) is 11.5 Å². The smallest absolute Gasteiger partial charge is 0.339 e. The summed E-state index contributed by atoms with van der Waals surface area (Å²) in [5, 5.41) is 13.5. The normalized spacial score (nSPS) is 14.2. The highest BCUT2D eigenvalue weighted by molar-refractivity contribution is 9.09. The number of carbonyl (C=O) groups is 1. The SMILES string of the molecule is COC(=O)[C@@](O)(Cc1cnc(-c2ccc3ccccc3c2)o1)[C@@H](Br)c1ccccc1. The van der Waals surface area contributed by atoms with Crippen LogP contribution in [0.15, 0.2) is 83.4 Å². The van der Waals surface area contributed by atoms with Crippen molar-refractivity contribution in [2.75, 3.05) is 7.11 Å². The molecule has 4 aromatic rings. The lowest BCUT2D eigenvalue weighted by molar-refractivity contribution is -0.162. The van der Waals surface area contributed by atoms with Gasteiger partial charge in [-0.05, 0) is 28.5 Å². The van der Waals surface area contributed by atoms with Gasteiger partial charge in [-0.25, -0.2) is 9.78 Å². The van der Waals surface area contributed by atoms with Crippen LogP contribution in [0.25, 0.3) is 22.2 Å². The lowest BCUT2D eigenvalue weighted by Crippen LogP contribution is -2.45. The summed E-state index contributed by atoms with van der Waals surface area (Å²) in [5.74, 6) is 0.0529. The van der Waals surface area contributed by atoms with Crippen molar-refractivity contribution < 1.29 is 19.1 Å². The predicted molar refractivity (Wildman–Crippen MR) is 118 cm³/mol. The molecule has 1 heterocycles. The summed E-state index contributed by atoms with van der Waals surface area (Å²) < 4.78 is 10.8. The molecule has 0 amide bonds. The number of benzene rings is 3. The first-order chi connectivity index (χ1) is 14.5. The highest BCUT2D eigenvalue weighted by Gasteiger charge is 2.46. The minimum absolute atomic E-state index is 0.0922. The summed E-state index contributed by atoms with van der Waals surface area (Å²) in [6.07, 6.45) is 1.44. The fourth-order valence-electron chi connectivity index (χ4n) is 3.45. The Labute approximate surface area is 182 Å². The zero-order valence-electron chi connectivity index (χ0n) is 16.3. The van der Waals surface area contributed by atoms with Crippen molar-refractivity contribution in [2.24, 2.45) is 0 Å². The molecular weight excluding hydrogens is 446 g/mol. The molecule has 30 heavy (non-hydrogen) atoms. The molecule has 0 saturated carbocycles. The van der Waals surface area contributed by atoms with Crippen LogP contribution in [0.4, 0.5) is 0 Å². The van der Waals surface area contributed by atoms with Gasteiger partial charge in [0, 0.05) is 12.0 Å². The maximum atomic E-state index is 12.5. The Morgan fingerprint density at radius 1 is 1.10 bits per heavy atom. The second kappa shape index (κ2) is 8.42. The molecule has 6 heteroatoms. The van der Waals surface area contributed by atoms with Gasteiger partial charge in [-0.15, -0.1) is 0 Å². The number of rotatable bonds is 6. The van der Waals surface area contributed by atoms with Crippen molar-refractivity contribution >= 4 is 32.7 Å². The van der Waals surface area contributed by atoms with E-state index in [4.69, 9.17) is 9.15 Å². The number of nitrogens with zero attached hydrogens (tertiary/aromatic N) is 1. The molecular formula is C24H20BrNO4. The van der Waals surface area contributed by atoms with E-state index in [0.717, 1.165) is 21.9 Å². The number of aromatic nitrogens is 1. The lowest BCUT2D eigenvalue weighted by atomic mass is 9.90. The zero-order valence-corrected chi connectivity index (χ0v) is 17.9. The Morgan fingerprint density at radius 2 is 1.80 bits per heavy atom. The van der Waals surface area contributed by atoms with E-state index in [1.807, 2.05) is 72.8 Å². The number of esters is 1. The lowest BCUT2D eigenvalue weighted by Gasteiger charge is -2.29. The molecule has 0 spiro atoms. The van der Waals surface area contributed by atoms with Crippen molar-refractivity contribution in [3.05, 3.63) is 90.3 Å². The van der Waals surface area contributed by atoms with Crippen LogP contribution in [0, 0.1) is 0 Å². The molecule has 152 valence electrons. The average molecular weight is 466 g/mol. The molecule has 0 aliphatic carbocycles. The minimum atomic E-state index is -1.86. The van der Waals surface area contributed by atoms with E-state index in [1.54, 1.807) is 0 Å². The summed E-state index contributed by atoms with van der Waals surface area (Å²) in [4.78, 5) is 16.2. The van der Waals surface area contributed by atoms with Crippen molar-refractivity contribution in [1.29, 1.82) is 0 Å². The second-order valence-corrected chi connectivity index (χ2v) is 7.98. The van der Waals surface area contributed by atoms with Gasteiger partial charge in [-0.2, -0.15) is 0 Å². The summed E-state index contributed by atoms with van der Waals surface area (Å²) >= 11 is 3.47. The molecule has 0 saturated heterocycles. The third-order valence-electron chi connectivity index (χ3n) is 5.04. The van der Waals surface area contributed by atoms with E-state index < -0.39 is 16.4 Å². The standard InChI is InChI=1S/C24H20BrNO4/c1-29-23(27)24(28,21(25)17-8-3-2-4-9-17)14-20-15-26-22(30-20)19-12-11-16-7-5-6-10-18(16)13-19/h2-13,15,21,28H,14H2,1H3/t21-,24+/m0/s1. The minimum Gasteiger partial charge on any atom is -0.467 e. The van der Waals surface area contributed by atoms with Gasteiger partial charge < -0.3 is 14.3 Å². The first kappa shape index (κ1) is 20.3. The number of hydrogen-bond donors (Lipinski definition) is 1. The highest BCUT2D eigenvalue weighted by Crippen LogP contribution is 2.38. The first-order valence-electron chi connectivity index (χ1n) is 9.45. The molecule has 0 unspecified atom stereocenters. The fraction of sp³-hybridized carbons (Fsp3) is 0.167. The van der Waals surface area contributed by atoms with Crippen LogP contribution in [0.3, 0.4) is 0 Å². The number of oxazole rings is 1. The number of methoxy groups -OCH3 is 1. The number of carbonyl (C=O) groups excluding carboxylic acids is 1. The maximum Gasteiger partial charge on any atom is 0.339 e. The quantitative estimate of drug-likeness (QED) is 0.317. The Balaban J connectivity index is 1.64. The fourth-order valence-corrected chi connectivity index (χ4v) is 4.10. The van der Waals surface area contributed by atoms with Crippen LogP contribution >= 0.6 is 15.9 Å². The number of hydrogen-bond acceptors (Lipinski definition) is 5. The number of ether oxygens (including phenoxy) is 1. The topological polar surface area (TPSA) is 72.6 Å². The van der Waals surface area contributed by atoms with E-state index in [1.165, 1.54) is 13.3 Å². The van der Waals surface area contributed by atoms with Crippen molar-refractivity contribution in [2.45, 2.75) is 16.8 Å². The second-order valence-electron chi connectivity index (χ2n) is 7.06. The molecule has 0 aliphatic heterocycles. The van der Waals surface area contributed by atoms with Gasteiger partial charge in [0.2, 0.25) is 5.89 Å². The van der Waals surface area contributed by atoms with Crippen LogP contribution in [-0.4, -0.2) is 28.8 Å². The maximum absolute atomic E-state index is 12.5. The van der Waals surface area contributed by atoms with Gasteiger partial charge in [0.15, 0.2) is 5.60 Å². The van der Waals surface area contributed by atoms with Gasteiger partial charge in [-0.1, -0.05) is 76.6 Å². The summed E-state index contributed by atoms with van der Waals surface area (Å²) in [7, 11) is 1.25. The molecule has 4 rings (SSSR count). The van der Waals surface area contributed by atoms with Gasteiger partial charge in [0.1, 0.15) is 5.76 Å². The van der Waals surface area contributed by atoms with Crippen LogP contribution in [0.2, 0.25) is 0 Å². The molecule has 3 aromatic carbocycles. The summed E-state index contributed by atoms with van der Waals surface area (Å²) in [6.45, 7) is 0. The van der Waals surface area contributed by atoms with Crippen LogP contribution in [-0.2, 0) is 16.0 Å². The Morgan fingerprint density at radius 3 is 2.53 bits per heavy atom. The van der Waals surface area contributed by atoms with Gasteiger partial charge in [0.05, 0.1) is 18.1 Å². The average Bonchev–Trinajstić information content (AvgIpc) is 3.26. The molecule has 1 N–H and O–H groups in total. The molecule has 0 fully saturated rings. The van der Waals surface area contributed by atoms with Crippen LogP contribution in [0.1, 0.15) is 16.2 Å². The number of alkyl halides is 1. The van der Waals surface area contributed by atoms with E-state index in [9.17, 15) is 9.90 Å². The Kier molecular flexibility index (Phi) is 5.70. The molecule has 2 atom stereocenters. The highest BCUT2D eigenvalue weighted by atomic mass is 79.9. The summed E-state index contributed by atoms with van der Waals surface area (Å²) in [5.41, 5.74) is -0.296. The van der Waals surface area contributed by atoms with Gasteiger partial charge in [-0.3, -0.25) is 0 Å². The largest absolute Gasteiger partial charge is 0.467 e. The van der Waals surface area contributed by atoms with E-state index in [0.29, 0.717) is 11.7 Å². The van der Waals surface area contributed by atoms with E-state index in [2.05, 4.69) is 20.9 Å². The van der Waals surface area contributed by atoms with E-state index in [-0.39, 0.29) is 6.42 Å². The third-order valence-corrected chi connectivity index (χ3v) is 6.33. The number of fused-ring (bicyclic) bond motifs is 1. The summed E-state index contributed by atoms with van der Waals surface area (Å²) in [6, 6.07) is 23.2. The predicted octanol–water partition coefficient (Wildman–Crippen LogP) is 5.08. The Hall–Kier alpha value is -2.96. The van der Waals surface area contributed by atoms with Crippen LogP contribution < -0.4 is 0 Å². The monoisotopic (exact) mass is 465 g/mol. The molecule has 0 aliphatic rings. The Bertz CT molecular complexity index is 1170. The third kappa shape index (κ3) is 3.88. The van der Waals surface area contributed by atoms with Crippen molar-refractivity contribution in [3.63, 3.8) is 0 Å². The van der Waals surface area contributed by atoms with E-state index >= 15 is 0 Å². The molecule has 0 radical (unpaired) electrons. The molecule has 0 bridgehead atoms. The van der Waals surface area contributed by atoms with Crippen molar-refractivity contribution in [1.82, 2.24) is 4.98 Å². The van der Waals surface area contributed by atoms with Crippen LogP contribution in [0.5, 0.6) is 0 Å².